The van der Waals surface area contributed by atoms with Gasteiger partial charge >= 0.3 is 5.97 Å². The van der Waals surface area contributed by atoms with E-state index in [2.05, 4.69) is 6.58 Å². The predicted molar refractivity (Wildman–Crippen MR) is 93.8 cm³/mol. The molecule has 0 aliphatic rings. The van der Waals surface area contributed by atoms with Gasteiger partial charge in [-0.25, -0.2) is 4.79 Å². The molecule has 0 N–H and O–H groups in total. The molecule has 0 aromatic heterocycles. The Morgan fingerprint density at radius 1 is 1.04 bits per heavy atom. The number of carbonyl (C=O) groups is 1. The fourth-order valence-corrected chi connectivity index (χ4v) is 2.31. The molecule has 2 aromatic rings. The van der Waals surface area contributed by atoms with Gasteiger partial charge in [0.05, 0.1) is 12.8 Å². The molecule has 0 radical (unpaired) electrons. The lowest BCUT2D eigenvalue weighted by molar-refractivity contribution is -0.142. The summed E-state index contributed by atoms with van der Waals surface area (Å²) in [4.78, 5) is 16.8. The van der Waals surface area contributed by atoms with Crippen molar-refractivity contribution in [1.29, 1.82) is 0 Å². The number of esters is 1. The van der Waals surface area contributed by atoms with Crippen LogP contribution in [0.1, 0.15) is 24.5 Å². The molecule has 23 heavy (non-hydrogen) atoms. The Balaban J connectivity index is 2.51. The second-order valence-corrected chi connectivity index (χ2v) is 5.41. The Morgan fingerprint density at radius 2 is 1.52 bits per heavy atom. The zero-order chi connectivity index (χ0) is 16.7. The highest BCUT2D eigenvalue weighted by atomic mass is 16.5. The van der Waals surface area contributed by atoms with Crippen LogP contribution in [0, 0.1) is 0 Å². The lowest BCUT2D eigenvalue weighted by atomic mass is 10.0. The first-order valence-electron chi connectivity index (χ1n) is 7.52. The van der Waals surface area contributed by atoms with E-state index in [0.717, 1.165) is 22.4 Å². The van der Waals surface area contributed by atoms with Crippen LogP contribution in [-0.4, -0.2) is 24.8 Å². The van der Waals surface area contributed by atoms with Gasteiger partial charge in [-0.05, 0) is 6.92 Å². The number of ether oxygens (including phenoxy) is 1. The average Bonchev–Trinajstić information content (AvgIpc) is 2.59. The van der Waals surface area contributed by atoms with Crippen molar-refractivity contribution in [3.8, 4) is 0 Å². The third-order valence-corrected chi connectivity index (χ3v) is 3.39. The van der Waals surface area contributed by atoms with Gasteiger partial charge in [0.1, 0.15) is 0 Å². The summed E-state index contributed by atoms with van der Waals surface area (Å²) in [6.07, 6.45) is 0.468. The molecule has 0 bridgehead atoms. The van der Waals surface area contributed by atoms with Gasteiger partial charge in [-0.2, -0.15) is 0 Å². The predicted octanol–water partition coefficient (Wildman–Crippen LogP) is 4.03. The molecular weight excluding hydrogens is 286 g/mol. The molecule has 0 aliphatic carbocycles. The van der Waals surface area contributed by atoms with E-state index in [0.29, 0.717) is 6.42 Å². The fraction of sp³-hybridized carbons (Fsp3) is 0.200. The van der Waals surface area contributed by atoms with Crippen molar-refractivity contribution in [1.82, 2.24) is 0 Å². The summed E-state index contributed by atoms with van der Waals surface area (Å²) in [5.74, 6) is -0.350. The van der Waals surface area contributed by atoms with Crippen molar-refractivity contribution < 1.29 is 9.53 Å². The molecule has 0 fully saturated rings. The number of methoxy groups -OCH3 is 1. The number of nitrogens with zero attached hydrogens (tertiary/aromatic N) is 1. The van der Waals surface area contributed by atoms with Crippen LogP contribution in [0.15, 0.2) is 77.8 Å². The van der Waals surface area contributed by atoms with Crippen LogP contribution in [0.5, 0.6) is 0 Å². The van der Waals surface area contributed by atoms with E-state index >= 15 is 0 Å². The zero-order valence-corrected chi connectivity index (χ0v) is 13.5. The minimum atomic E-state index is -0.590. The number of hydrogen-bond donors (Lipinski definition) is 0. The van der Waals surface area contributed by atoms with Gasteiger partial charge in [-0.1, -0.05) is 66.2 Å². The lowest BCUT2D eigenvalue weighted by Crippen LogP contribution is -2.23. The SMILES string of the molecule is C=C(C)C[C@H](N=C(c1ccccc1)c1ccccc1)C(=O)OC. The second kappa shape index (κ2) is 8.08. The van der Waals surface area contributed by atoms with E-state index in [1.165, 1.54) is 7.11 Å². The van der Waals surface area contributed by atoms with Crippen molar-refractivity contribution in [2.75, 3.05) is 7.11 Å². The fourth-order valence-electron chi connectivity index (χ4n) is 2.31. The molecule has 0 amide bonds. The maximum absolute atomic E-state index is 12.1. The molecule has 0 saturated heterocycles. The smallest absolute Gasteiger partial charge is 0.330 e. The largest absolute Gasteiger partial charge is 0.467 e. The number of benzene rings is 2. The van der Waals surface area contributed by atoms with E-state index in [-0.39, 0.29) is 5.97 Å². The molecule has 2 rings (SSSR count). The molecule has 0 unspecified atom stereocenters. The van der Waals surface area contributed by atoms with Crippen LogP contribution in [0.2, 0.25) is 0 Å². The minimum absolute atomic E-state index is 0.350. The normalized spacial score (nSPS) is 11.4. The standard InChI is InChI=1S/C20H21NO2/c1-15(2)14-18(20(22)23-3)21-19(16-10-6-4-7-11-16)17-12-8-5-9-13-17/h4-13,18H,1,14H2,2-3H3/t18-/m0/s1. The van der Waals surface area contributed by atoms with Crippen LogP contribution in [0.25, 0.3) is 0 Å². The van der Waals surface area contributed by atoms with E-state index in [9.17, 15) is 4.79 Å². The van der Waals surface area contributed by atoms with Crippen LogP contribution in [-0.2, 0) is 9.53 Å². The Labute approximate surface area is 137 Å². The van der Waals surface area contributed by atoms with E-state index in [4.69, 9.17) is 9.73 Å². The first-order valence-corrected chi connectivity index (χ1v) is 7.52. The van der Waals surface area contributed by atoms with Crippen LogP contribution >= 0.6 is 0 Å². The molecule has 3 heteroatoms. The summed E-state index contributed by atoms with van der Waals surface area (Å²) >= 11 is 0. The maximum atomic E-state index is 12.1. The van der Waals surface area contributed by atoms with Crippen LogP contribution in [0.4, 0.5) is 0 Å². The Hall–Kier alpha value is -2.68. The Morgan fingerprint density at radius 3 is 1.91 bits per heavy atom. The quantitative estimate of drug-likeness (QED) is 0.459. The van der Waals surface area contributed by atoms with Crippen molar-refractivity contribution in [3.05, 3.63) is 83.9 Å². The summed E-state index contributed by atoms with van der Waals surface area (Å²) in [7, 11) is 1.38. The Kier molecular flexibility index (Phi) is 5.87. The van der Waals surface area contributed by atoms with Crippen molar-refractivity contribution >= 4 is 11.7 Å². The van der Waals surface area contributed by atoms with Gasteiger partial charge in [-0.3, -0.25) is 4.99 Å². The Bertz CT molecular complexity index is 649. The topological polar surface area (TPSA) is 38.7 Å². The second-order valence-electron chi connectivity index (χ2n) is 5.41. The monoisotopic (exact) mass is 307 g/mol. The van der Waals surface area contributed by atoms with E-state index in [1.54, 1.807) is 0 Å². The summed E-state index contributed by atoms with van der Waals surface area (Å²) in [6.45, 7) is 5.77. The van der Waals surface area contributed by atoms with E-state index < -0.39 is 6.04 Å². The molecule has 2 aromatic carbocycles. The molecule has 0 heterocycles. The van der Waals surface area contributed by atoms with Crippen molar-refractivity contribution in [2.24, 2.45) is 4.99 Å². The molecule has 118 valence electrons. The van der Waals surface area contributed by atoms with Gasteiger partial charge in [0, 0.05) is 17.5 Å². The lowest BCUT2D eigenvalue weighted by Gasteiger charge is -2.14. The van der Waals surface area contributed by atoms with Gasteiger partial charge < -0.3 is 4.74 Å². The highest BCUT2D eigenvalue weighted by Gasteiger charge is 2.20. The van der Waals surface area contributed by atoms with E-state index in [1.807, 2.05) is 67.6 Å². The summed E-state index contributed by atoms with van der Waals surface area (Å²) in [5, 5.41) is 0. The molecule has 3 nitrogen and oxygen atoms in total. The third kappa shape index (κ3) is 4.65. The first-order chi connectivity index (χ1) is 11.1. The summed E-state index contributed by atoms with van der Waals surface area (Å²) in [6, 6.07) is 19.1. The van der Waals surface area contributed by atoms with Gasteiger partial charge in [-0.15, -0.1) is 6.58 Å². The summed E-state index contributed by atoms with van der Waals surface area (Å²) in [5.41, 5.74) is 3.61. The third-order valence-electron chi connectivity index (χ3n) is 3.39. The van der Waals surface area contributed by atoms with Crippen LogP contribution < -0.4 is 0 Å². The molecule has 0 aliphatic heterocycles. The van der Waals surface area contributed by atoms with Crippen LogP contribution in [0.3, 0.4) is 0 Å². The molecule has 1 atom stereocenters. The minimum Gasteiger partial charge on any atom is -0.467 e. The molecule has 0 spiro atoms. The maximum Gasteiger partial charge on any atom is 0.330 e. The number of carbonyl (C=O) groups excluding carboxylic acids is 1. The van der Waals surface area contributed by atoms with Crippen molar-refractivity contribution in [2.45, 2.75) is 19.4 Å². The number of aliphatic imine (C=N–C) groups is 1. The highest BCUT2D eigenvalue weighted by molar-refractivity contribution is 6.13. The van der Waals surface area contributed by atoms with Crippen molar-refractivity contribution in [3.63, 3.8) is 0 Å². The van der Waals surface area contributed by atoms with Gasteiger partial charge in [0.15, 0.2) is 6.04 Å². The van der Waals surface area contributed by atoms with Gasteiger partial charge in [0.2, 0.25) is 0 Å². The first kappa shape index (κ1) is 16.7. The average molecular weight is 307 g/mol. The highest BCUT2D eigenvalue weighted by Crippen LogP contribution is 2.16. The van der Waals surface area contributed by atoms with Gasteiger partial charge in [0.25, 0.3) is 0 Å². The number of hydrogen-bond acceptors (Lipinski definition) is 3. The summed E-state index contributed by atoms with van der Waals surface area (Å²) < 4.78 is 4.90. The number of rotatable bonds is 6. The zero-order valence-electron chi connectivity index (χ0n) is 13.5. The molecular formula is C20H21NO2. The molecule has 0 saturated carbocycles.